The van der Waals surface area contributed by atoms with Crippen molar-refractivity contribution in [2.24, 2.45) is 5.10 Å². The van der Waals surface area contributed by atoms with Crippen LogP contribution in [-0.2, 0) is 0 Å². The Bertz CT molecular complexity index is 1100. The number of hydrogen-bond donors (Lipinski definition) is 1. The summed E-state index contributed by atoms with van der Waals surface area (Å²) < 4.78 is 2.18. The molecule has 6 heteroatoms. The lowest BCUT2D eigenvalue weighted by Crippen LogP contribution is -2.17. The van der Waals surface area contributed by atoms with Gasteiger partial charge in [0.15, 0.2) is 0 Å². The van der Waals surface area contributed by atoms with Gasteiger partial charge in [-0.05, 0) is 23.8 Å². The molecule has 4 aromatic rings. The molecule has 0 spiro atoms. The molecule has 0 aliphatic carbocycles. The number of fused-ring (bicyclic) bond motifs is 3. The van der Waals surface area contributed by atoms with Crippen LogP contribution in [0.5, 0.6) is 0 Å². The van der Waals surface area contributed by atoms with Gasteiger partial charge in [-0.2, -0.15) is 9.78 Å². The summed E-state index contributed by atoms with van der Waals surface area (Å²) in [5.41, 5.74) is 2.66. The fraction of sp³-hybridized carbons (Fsp3) is 0. The van der Waals surface area contributed by atoms with Gasteiger partial charge in [0.2, 0.25) is 0 Å². The molecule has 0 bridgehead atoms. The zero-order valence-corrected chi connectivity index (χ0v) is 13.5. The number of aromatic amines is 1. The van der Waals surface area contributed by atoms with Crippen LogP contribution >= 0.6 is 15.9 Å². The molecule has 1 N–H and O–H groups in total. The third kappa shape index (κ3) is 2.47. The van der Waals surface area contributed by atoms with Gasteiger partial charge in [0.1, 0.15) is 17.4 Å². The third-order valence-electron chi connectivity index (χ3n) is 3.58. The van der Waals surface area contributed by atoms with Gasteiger partial charge in [-0.3, -0.25) is 4.79 Å². The topological polar surface area (TPSA) is 63.0 Å². The second kappa shape index (κ2) is 5.48. The first kappa shape index (κ1) is 13.9. The Labute approximate surface area is 139 Å². The summed E-state index contributed by atoms with van der Waals surface area (Å²) in [4.78, 5) is 20.1. The molecule has 0 unspecified atom stereocenters. The lowest BCUT2D eigenvalue weighted by Gasteiger charge is -1.97. The Kier molecular flexibility index (Phi) is 3.31. The SMILES string of the molecule is O=c1c2[nH]c3ccc(Br)cc3c2ncn1/N=C\c1ccccc1. The number of nitrogens with one attached hydrogen (secondary N) is 1. The summed E-state index contributed by atoms with van der Waals surface area (Å²) in [6.07, 6.45) is 3.08. The van der Waals surface area contributed by atoms with Crippen LogP contribution in [0, 0.1) is 0 Å². The molecular formula is C17H11BrN4O. The highest BCUT2D eigenvalue weighted by atomic mass is 79.9. The molecule has 0 amide bonds. The van der Waals surface area contributed by atoms with E-state index in [-0.39, 0.29) is 5.56 Å². The number of rotatable bonds is 2. The minimum absolute atomic E-state index is 0.227. The van der Waals surface area contributed by atoms with E-state index >= 15 is 0 Å². The number of nitrogens with zero attached hydrogens (tertiary/aromatic N) is 3. The number of aromatic nitrogens is 3. The van der Waals surface area contributed by atoms with Gasteiger partial charge in [-0.15, -0.1) is 0 Å². The molecule has 5 nitrogen and oxygen atoms in total. The molecule has 2 aromatic heterocycles. The van der Waals surface area contributed by atoms with Gasteiger partial charge >= 0.3 is 0 Å². The summed E-state index contributed by atoms with van der Waals surface area (Å²) in [7, 11) is 0. The molecule has 0 aliphatic rings. The zero-order chi connectivity index (χ0) is 15.8. The molecule has 0 radical (unpaired) electrons. The molecule has 0 saturated heterocycles. The average Bonchev–Trinajstić information content (AvgIpc) is 2.94. The predicted octanol–water partition coefficient (Wildman–Crippen LogP) is 3.52. The van der Waals surface area contributed by atoms with E-state index in [4.69, 9.17) is 0 Å². The van der Waals surface area contributed by atoms with Crippen LogP contribution in [0.15, 0.2) is 69.2 Å². The highest BCUT2D eigenvalue weighted by Gasteiger charge is 2.10. The third-order valence-corrected chi connectivity index (χ3v) is 4.08. The van der Waals surface area contributed by atoms with Crippen molar-refractivity contribution in [2.45, 2.75) is 0 Å². The minimum atomic E-state index is -0.227. The van der Waals surface area contributed by atoms with Crippen molar-refractivity contribution >= 4 is 44.1 Å². The summed E-state index contributed by atoms with van der Waals surface area (Å²) in [5.74, 6) is 0. The van der Waals surface area contributed by atoms with E-state index in [1.807, 2.05) is 48.5 Å². The number of H-pyrrole nitrogens is 1. The van der Waals surface area contributed by atoms with Crippen molar-refractivity contribution in [3.63, 3.8) is 0 Å². The monoisotopic (exact) mass is 366 g/mol. The van der Waals surface area contributed by atoms with Gasteiger partial charge in [-0.1, -0.05) is 46.3 Å². The maximum Gasteiger partial charge on any atom is 0.298 e. The van der Waals surface area contributed by atoms with E-state index < -0.39 is 0 Å². The van der Waals surface area contributed by atoms with Crippen LogP contribution in [0.2, 0.25) is 0 Å². The van der Waals surface area contributed by atoms with Crippen LogP contribution < -0.4 is 5.56 Å². The van der Waals surface area contributed by atoms with E-state index in [2.05, 4.69) is 31.0 Å². The highest BCUT2D eigenvalue weighted by molar-refractivity contribution is 9.10. The summed E-state index contributed by atoms with van der Waals surface area (Å²) in [5, 5.41) is 5.11. The standard InChI is InChI=1S/C17H11BrN4O/c18-12-6-7-14-13(8-12)15-16(21-14)17(23)22(10-19-15)20-9-11-4-2-1-3-5-11/h1-10,21H/b20-9-. The molecule has 2 aromatic carbocycles. The second-order valence-corrected chi connectivity index (χ2v) is 6.00. The van der Waals surface area contributed by atoms with Crippen LogP contribution in [0.1, 0.15) is 5.56 Å². The van der Waals surface area contributed by atoms with Crippen molar-refractivity contribution in [3.05, 3.63) is 75.2 Å². The molecule has 4 rings (SSSR count). The van der Waals surface area contributed by atoms with Crippen LogP contribution in [0.4, 0.5) is 0 Å². The number of benzene rings is 2. The Morgan fingerprint density at radius 2 is 2.00 bits per heavy atom. The predicted molar refractivity (Wildman–Crippen MR) is 95.0 cm³/mol. The van der Waals surface area contributed by atoms with E-state index in [1.54, 1.807) is 6.21 Å². The zero-order valence-electron chi connectivity index (χ0n) is 11.9. The molecule has 0 aliphatic heterocycles. The fourth-order valence-corrected chi connectivity index (χ4v) is 2.83. The van der Waals surface area contributed by atoms with Crippen LogP contribution in [0.25, 0.3) is 21.9 Å². The largest absolute Gasteiger partial charge is 0.349 e. The molecule has 0 saturated carbocycles. The maximum atomic E-state index is 12.6. The van der Waals surface area contributed by atoms with Gasteiger partial charge < -0.3 is 4.98 Å². The molecule has 112 valence electrons. The highest BCUT2D eigenvalue weighted by Crippen LogP contribution is 2.24. The number of hydrogen-bond acceptors (Lipinski definition) is 3. The van der Waals surface area contributed by atoms with Crippen molar-refractivity contribution in [3.8, 4) is 0 Å². The first-order valence-electron chi connectivity index (χ1n) is 7.00. The van der Waals surface area contributed by atoms with Crippen LogP contribution in [-0.4, -0.2) is 20.9 Å². The van der Waals surface area contributed by atoms with Crippen molar-refractivity contribution in [1.82, 2.24) is 14.6 Å². The normalized spacial score (nSPS) is 11.7. The summed E-state index contributed by atoms with van der Waals surface area (Å²) in [6.45, 7) is 0. The molecule has 2 heterocycles. The molecule has 0 fully saturated rings. The van der Waals surface area contributed by atoms with E-state index in [0.29, 0.717) is 11.0 Å². The molecule has 23 heavy (non-hydrogen) atoms. The first-order valence-corrected chi connectivity index (χ1v) is 7.80. The van der Waals surface area contributed by atoms with Crippen LogP contribution in [0.3, 0.4) is 0 Å². The average molecular weight is 367 g/mol. The maximum absolute atomic E-state index is 12.6. The summed E-state index contributed by atoms with van der Waals surface area (Å²) in [6, 6.07) is 15.4. The number of halogens is 1. The first-order chi connectivity index (χ1) is 11.2. The molecule has 0 atom stereocenters. The van der Waals surface area contributed by atoms with E-state index in [0.717, 1.165) is 20.9 Å². The smallest absolute Gasteiger partial charge is 0.298 e. The quantitative estimate of drug-likeness (QED) is 0.551. The van der Waals surface area contributed by atoms with Gasteiger partial charge in [0.25, 0.3) is 5.56 Å². The fourth-order valence-electron chi connectivity index (χ4n) is 2.47. The second-order valence-electron chi connectivity index (χ2n) is 5.09. The van der Waals surface area contributed by atoms with Crippen molar-refractivity contribution < 1.29 is 0 Å². The Morgan fingerprint density at radius 3 is 2.83 bits per heavy atom. The summed E-state index contributed by atoms with van der Waals surface area (Å²) >= 11 is 3.44. The lowest BCUT2D eigenvalue weighted by molar-refractivity contribution is 0.815. The van der Waals surface area contributed by atoms with E-state index in [9.17, 15) is 4.79 Å². The lowest BCUT2D eigenvalue weighted by atomic mass is 10.2. The minimum Gasteiger partial charge on any atom is -0.349 e. The van der Waals surface area contributed by atoms with Crippen molar-refractivity contribution in [2.75, 3.05) is 0 Å². The van der Waals surface area contributed by atoms with Gasteiger partial charge in [-0.25, -0.2) is 4.98 Å². The molecular weight excluding hydrogens is 356 g/mol. The Hall–Kier alpha value is -2.73. The van der Waals surface area contributed by atoms with Gasteiger partial charge in [0, 0.05) is 15.4 Å². The van der Waals surface area contributed by atoms with Crippen molar-refractivity contribution in [1.29, 1.82) is 0 Å². The Balaban J connectivity index is 1.87. The Morgan fingerprint density at radius 1 is 1.17 bits per heavy atom. The van der Waals surface area contributed by atoms with E-state index in [1.165, 1.54) is 11.0 Å². The van der Waals surface area contributed by atoms with Gasteiger partial charge in [0.05, 0.1) is 6.21 Å².